The maximum absolute atomic E-state index is 10.6. The average Bonchev–Trinajstić information content (AvgIpc) is 2.62. The topological polar surface area (TPSA) is 53.1 Å². The summed E-state index contributed by atoms with van der Waals surface area (Å²) >= 11 is 3.88. The van der Waals surface area contributed by atoms with Crippen LogP contribution in [0.25, 0.3) is 17.0 Å². The first kappa shape index (κ1) is 9.86. The minimum atomic E-state index is -1.02. The van der Waals surface area contributed by atoms with Crippen molar-refractivity contribution in [3.8, 4) is 0 Å². The first-order valence-corrected chi connectivity index (χ1v) is 4.83. The normalized spacial score (nSPS) is 11.9. The lowest BCUT2D eigenvalue weighted by Crippen LogP contribution is -1.92. The number of carbonyl (C=O) groups is 1. The third-order valence-corrected chi connectivity index (χ3v) is 2.45. The van der Waals surface area contributed by atoms with Crippen molar-refractivity contribution in [1.29, 1.82) is 0 Å². The second-order valence-corrected chi connectivity index (χ2v) is 3.61. The summed E-state index contributed by atoms with van der Waals surface area (Å²) in [5.74, 6) is -1.02. The van der Waals surface area contributed by atoms with E-state index in [4.69, 9.17) is 5.11 Å². The number of benzene rings is 1. The fourth-order valence-electron chi connectivity index (χ4n) is 1.42. The monoisotopic (exact) mass is 219 g/mol. The summed E-state index contributed by atoms with van der Waals surface area (Å²) in [6.07, 6.45) is 3.30. The summed E-state index contributed by atoms with van der Waals surface area (Å²) in [6.45, 7) is 0. The van der Waals surface area contributed by atoms with E-state index < -0.39 is 5.97 Å². The van der Waals surface area contributed by atoms with Gasteiger partial charge in [-0.15, -0.1) is 12.6 Å². The van der Waals surface area contributed by atoms with E-state index in [1.54, 1.807) is 6.20 Å². The molecule has 4 heteroatoms. The molecule has 0 saturated carbocycles. The summed E-state index contributed by atoms with van der Waals surface area (Å²) in [6, 6.07) is 7.70. The number of aliphatic carboxylic acids is 1. The second-order valence-electron chi connectivity index (χ2n) is 3.12. The highest BCUT2D eigenvalue weighted by Crippen LogP contribution is 2.20. The predicted octanol–water partition coefficient (Wildman–Crippen LogP) is 2.52. The van der Waals surface area contributed by atoms with E-state index in [9.17, 15) is 4.79 Å². The van der Waals surface area contributed by atoms with Gasteiger partial charge in [0.25, 0.3) is 0 Å². The first-order chi connectivity index (χ1) is 7.18. The summed E-state index contributed by atoms with van der Waals surface area (Å²) in [5.41, 5.74) is 1.81. The molecule has 0 spiro atoms. The Bertz CT molecular complexity index is 542. The quantitative estimate of drug-likeness (QED) is 0.537. The molecule has 0 atom stereocenters. The van der Waals surface area contributed by atoms with Crippen molar-refractivity contribution < 1.29 is 9.90 Å². The predicted molar refractivity (Wildman–Crippen MR) is 62.9 cm³/mol. The van der Waals surface area contributed by atoms with Crippen LogP contribution in [0.2, 0.25) is 0 Å². The van der Waals surface area contributed by atoms with Crippen LogP contribution in [0, 0.1) is 0 Å². The van der Waals surface area contributed by atoms with Crippen molar-refractivity contribution in [2.75, 3.05) is 0 Å². The number of para-hydroxylation sites is 1. The minimum Gasteiger partial charge on any atom is -0.477 e. The highest BCUT2D eigenvalue weighted by Gasteiger charge is 2.04. The van der Waals surface area contributed by atoms with Gasteiger partial charge in [0.1, 0.15) is 0 Å². The van der Waals surface area contributed by atoms with Gasteiger partial charge in [-0.3, -0.25) is 0 Å². The Hall–Kier alpha value is -1.68. The fraction of sp³-hybridized carbons (Fsp3) is 0. The van der Waals surface area contributed by atoms with Crippen LogP contribution < -0.4 is 0 Å². The van der Waals surface area contributed by atoms with Gasteiger partial charge in [-0.25, -0.2) is 4.79 Å². The van der Waals surface area contributed by atoms with Crippen molar-refractivity contribution >= 4 is 35.6 Å². The van der Waals surface area contributed by atoms with E-state index >= 15 is 0 Å². The molecule has 0 aliphatic heterocycles. The molecule has 2 N–H and O–H groups in total. The lowest BCUT2D eigenvalue weighted by molar-refractivity contribution is -0.131. The van der Waals surface area contributed by atoms with E-state index in [0.717, 1.165) is 16.5 Å². The maximum Gasteiger partial charge on any atom is 0.341 e. The molecule has 0 bridgehead atoms. The lowest BCUT2D eigenvalue weighted by atomic mass is 10.1. The number of fused-ring (bicyclic) bond motifs is 1. The average molecular weight is 219 g/mol. The molecule has 1 aromatic heterocycles. The van der Waals surface area contributed by atoms with E-state index in [2.05, 4.69) is 17.6 Å². The number of hydrogen-bond donors (Lipinski definition) is 3. The third kappa shape index (κ3) is 1.89. The van der Waals surface area contributed by atoms with Gasteiger partial charge in [0, 0.05) is 22.7 Å². The van der Waals surface area contributed by atoms with E-state index in [0.29, 0.717) is 0 Å². The molecule has 2 aromatic rings. The molecule has 0 saturated heterocycles. The van der Waals surface area contributed by atoms with Gasteiger partial charge in [-0.2, -0.15) is 0 Å². The highest BCUT2D eigenvalue weighted by atomic mass is 32.1. The zero-order valence-electron chi connectivity index (χ0n) is 7.77. The van der Waals surface area contributed by atoms with Gasteiger partial charge in [-0.1, -0.05) is 18.2 Å². The SMILES string of the molecule is O=C(O)C(S)=Cc1c[nH]c2ccccc12. The van der Waals surface area contributed by atoms with Crippen molar-refractivity contribution in [3.05, 3.63) is 40.9 Å². The van der Waals surface area contributed by atoms with Crippen LogP contribution in [0.3, 0.4) is 0 Å². The van der Waals surface area contributed by atoms with Gasteiger partial charge in [-0.05, 0) is 12.1 Å². The molecule has 76 valence electrons. The van der Waals surface area contributed by atoms with Gasteiger partial charge in [0.15, 0.2) is 0 Å². The third-order valence-electron chi connectivity index (χ3n) is 2.13. The standard InChI is InChI=1S/C11H9NO2S/c13-11(14)10(15)5-7-6-12-9-4-2-1-3-8(7)9/h1-6,12,15H,(H,13,14). The zero-order chi connectivity index (χ0) is 10.8. The molecule has 0 radical (unpaired) electrons. The zero-order valence-corrected chi connectivity index (χ0v) is 8.66. The molecule has 3 nitrogen and oxygen atoms in total. The smallest absolute Gasteiger partial charge is 0.341 e. The number of H-pyrrole nitrogens is 1. The van der Waals surface area contributed by atoms with Crippen LogP contribution in [-0.2, 0) is 4.79 Å². The summed E-state index contributed by atoms with van der Waals surface area (Å²) in [5, 5.41) is 9.69. The molecule has 0 aliphatic rings. The number of hydrogen-bond acceptors (Lipinski definition) is 2. The number of rotatable bonds is 2. The first-order valence-electron chi connectivity index (χ1n) is 4.38. The lowest BCUT2D eigenvalue weighted by Gasteiger charge is -1.92. The number of carboxylic acids is 1. The summed E-state index contributed by atoms with van der Waals surface area (Å²) < 4.78 is 0. The molecule has 0 unspecified atom stereocenters. The van der Waals surface area contributed by atoms with Crippen LogP contribution in [0.1, 0.15) is 5.56 Å². The Labute approximate surface area is 91.8 Å². The number of aromatic amines is 1. The summed E-state index contributed by atoms with van der Waals surface area (Å²) in [4.78, 5) is 13.7. The second kappa shape index (κ2) is 3.82. The molecule has 0 amide bonds. The molecule has 1 aromatic carbocycles. The minimum absolute atomic E-state index is 0.0275. The Morgan fingerprint density at radius 1 is 1.40 bits per heavy atom. The van der Waals surface area contributed by atoms with Crippen LogP contribution in [0.15, 0.2) is 35.4 Å². The Balaban J connectivity index is 2.54. The molecular weight excluding hydrogens is 210 g/mol. The van der Waals surface area contributed by atoms with E-state index in [1.807, 2.05) is 24.3 Å². The van der Waals surface area contributed by atoms with Gasteiger partial charge < -0.3 is 10.1 Å². The van der Waals surface area contributed by atoms with Crippen molar-refractivity contribution in [3.63, 3.8) is 0 Å². The Kier molecular flexibility index (Phi) is 2.51. The number of aromatic nitrogens is 1. The van der Waals surface area contributed by atoms with Crippen LogP contribution in [-0.4, -0.2) is 16.1 Å². The fourth-order valence-corrected chi connectivity index (χ4v) is 1.56. The van der Waals surface area contributed by atoms with Gasteiger partial charge >= 0.3 is 5.97 Å². The molecule has 2 rings (SSSR count). The number of nitrogens with one attached hydrogen (secondary N) is 1. The molecule has 1 heterocycles. The van der Waals surface area contributed by atoms with E-state index in [1.165, 1.54) is 6.08 Å². The van der Waals surface area contributed by atoms with Gasteiger partial charge in [0.2, 0.25) is 0 Å². The Morgan fingerprint density at radius 3 is 2.87 bits per heavy atom. The highest BCUT2D eigenvalue weighted by molar-refractivity contribution is 7.85. The van der Waals surface area contributed by atoms with Crippen molar-refractivity contribution in [2.45, 2.75) is 0 Å². The molecule has 0 fully saturated rings. The number of thiol groups is 1. The summed E-state index contributed by atoms with van der Waals surface area (Å²) in [7, 11) is 0. The van der Waals surface area contributed by atoms with E-state index in [-0.39, 0.29) is 4.91 Å². The molecular formula is C11H9NO2S. The largest absolute Gasteiger partial charge is 0.477 e. The molecule has 0 aliphatic carbocycles. The van der Waals surface area contributed by atoms with Gasteiger partial charge in [0.05, 0.1) is 4.91 Å². The van der Waals surface area contributed by atoms with Crippen LogP contribution >= 0.6 is 12.6 Å². The van der Waals surface area contributed by atoms with Crippen LogP contribution in [0.5, 0.6) is 0 Å². The van der Waals surface area contributed by atoms with Crippen molar-refractivity contribution in [1.82, 2.24) is 4.98 Å². The van der Waals surface area contributed by atoms with Crippen LogP contribution in [0.4, 0.5) is 0 Å². The van der Waals surface area contributed by atoms with Crippen molar-refractivity contribution in [2.24, 2.45) is 0 Å². The maximum atomic E-state index is 10.6. The number of carboxylic acid groups (broad SMARTS) is 1. The Morgan fingerprint density at radius 2 is 2.13 bits per heavy atom. The molecule has 15 heavy (non-hydrogen) atoms.